The van der Waals surface area contributed by atoms with Gasteiger partial charge in [-0.05, 0) is 31.0 Å². The van der Waals surface area contributed by atoms with Gasteiger partial charge < -0.3 is 11.1 Å². The van der Waals surface area contributed by atoms with Crippen molar-refractivity contribution in [2.24, 2.45) is 5.73 Å². The molecule has 1 aromatic carbocycles. The van der Waals surface area contributed by atoms with Gasteiger partial charge in [0.25, 0.3) is 0 Å². The third kappa shape index (κ3) is 4.15. The van der Waals surface area contributed by atoms with E-state index < -0.39 is 0 Å². The van der Waals surface area contributed by atoms with Crippen LogP contribution in [0, 0.1) is 5.82 Å². The lowest BCUT2D eigenvalue weighted by molar-refractivity contribution is -0.122. The van der Waals surface area contributed by atoms with Crippen LogP contribution in [-0.4, -0.2) is 18.0 Å². The van der Waals surface area contributed by atoms with Crippen molar-refractivity contribution in [1.29, 1.82) is 0 Å². The molecule has 0 spiro atoms. The predicted octanol–water partition coefficient (Wildman–Crippen LogP) is 1.61. The van der Waals surface area contributed by atoms with Gasteiger partial charge in [0.15, 0.2) is 0 Å². The van der Waals surface area contributed by atoms with Crippen molar-refractivity contribution in [2.45, 2.75) is 32.2 Å². The molecule has 0 radical (unpaired) electrons. The first-order chi connectivity index (χ1) is 7.99. The minimum atomic E-state index is -0.364. The molecule has 17 heavy (non-hydrogen) atoms. The van der Waals surface area contributed by atoms with E-state index in [9.17, 15) is 9.18 Å². The third-order valence-corrected chi connectivity index (χ3v) is 2.95. The zero-order chi connectivity index (χ0) is 12.9. The summed E-state index contributed by atoms with van der Waals surface area (Å²) in [7, 11) is 0. The van der Waals surface area contributed by atoms with Crippen molar-refractivity contribution < 1.29 is 9.18 Å². The van der Waals surface area contributed by atoms with E-state index >= 15 is 0 Å². The average Bonchev–Trinajstić information content (AvgIpc) is 2.32. The van der Waals surface area contributed by atoms with E-state index in [2.05, 4.69) is 5.32 Å². The fourth-order valence-electron chi connectivity index (χ4n) is 1.45. The summed E-state index contributed by atoms with van der Waals surface area (Å²) in [5, 5.41) is 2.90. The molecule has 0 aliphatic rings. The number of halogens is 1. The van der Waals surface area contributed by atoms with Crippen LogP contribution in [0.25, 0.3) is 0 Å². The standard InChI is InChI=1S/C13H19FN2O/c1-3-13(2,9-15)16-12(17)8-10-4-6-11(14)7-5-10/h4-7H,3,8-9,15H2,1-2H3,(H,16,17). The minimum Gasteiger partial charge on any atom is -0.349 e. The predicted molar refractivity (Wildman–Crippen MR) is 66.0 cm³/mol. The van der Waals surface area contributed by atoms with Gasteiger partial charge in [-0.1, -0.05) is 19.1 Å². The molecular formula is C13H19FN2O. The fraction of sp³-hybridized carbons (Fsp3) is 0.462. The molecule has 3 nitrogen and oxygen atoms in total. The maximum atomic E-state index is 12.7. The van der Waals surface area contributed by atoms with Gasteiger partial charge in [0.1, 0.15) is 5.82 Å². The quantitative estimate of drug-likeness (QED) is 0.819. The number of benzene rings is 1. The summed E-state index contributed by atoms with van der Waals surface area (Å²) in [6, 6.07) is 5.93. The number of rotatable bonds is 5. The van der Waals surface area contributed by atoms with Crippen LogP contribution in [0.3, 0.4) is 0 Å². The van der Waals surface area contributed by atoms with E-state index in [-0.39, 0.29) is 23.7 Å². The molecule has 1 rings (SSSR count). The van der Waals surface area contributed by atoms with Gasteiger partial charge in [-0.15, -0.1) is 0 Å². The number of hydrogen-bond acceptors (Lipinski definition) is 2. The number of amides is 1. The van der Waals surface area contributed by atoms with Crippen LogP contribution in [0.2, 0.25) is 0 Å². The molecule has 0 aromatic heterocycles. The Kier molecular flexibility index (Phi) is 4.63. The highest BCUT2D eigenvalue weighted by atomic mass is 19.1. The molecule has 1 atom stereocenters. The first kappa shape index (κ1) is 13.6. The molecule has 0 bridgehead atoms. The Hall–Kier alpha value is -1.42. The second kappa shape index (κ2) is 5.77. The molecule has 1 amide bonds. The monoisotopic (exact) mass is 238 g/mol. The van der Waals surface area contributed by atoms with Crippen molar-refractivity contribution in [2.75, 3.05) is 6.54 Å². The van der Waals surface area contributed by atoms with E-state index in [1.807, 2.05) is 13.8 Å². The molecule has 3 N–H and O–H groups in total. The zero-order valence-electron chi connectivity index (χ0n) is 10.3. The first-order valence-electron chi connectivity index (χ1n) is 5.74. The summed E-state index contributed by atoms with van der Waals surface area (Å²) in [4.78, 5) is 11.8. The summed E-state index contributed by atoms with van der Waals surface area (Å²) >= 11 is 0. The summed E-state index contributed by atoms with van der Waals surface area (Å²) in [6.07, 6.45) is 1.02. The Balaban J connectivity index is 2.58. The largest absolute Gasteiger partial charge is 0.349 e. The van der Waals surface area contributed by atoms with Crippen molar-refractivity contribution in [1.82, 2.24) is 5.32 Å². The first-order valence-corrected chi connectivity index (χ1v) is 5.74. The van der Waals surface area contributed by atoms with Gasteiger partial charge in [0, 0.05) is 12.1 Å². The Morgan fingerprint density at radius 1 is 1.41 bits per heavy atom. The molecule has 0 fully saturated rings. The van der Waals surface area contributed by atoms with Crippen LogP contribution >= 0.6 is 0 Å². The summed E-state index contributed by atoms with van der Waals surface area (Å²) in [6.45, 7) is 4.29. The van der Waals surface area contributed by atoms with Gasteiger partial charge in [-0.3, -0.25) is 4.79 Å². The Morgan fingerprint density at radius 3 is 2.47 bits per heavy atom. The molecule has 94 valence electrons. The lowest BCUT2D eigenvalue weighted by Crippen LogP contribution is -2.51. The SMILES string of the molecule is CCC(C)(CN)NC(=O)Cc1ccc(F)cc1. The van der Waals surface area contributed by atoms with Gasteiger partial charge in [0.05, 0.1) is 6.42 Å². The maximum absolute atomic E-state index is 12.7. The van der Waals surface area contributed by atoms with Crippen LogP contribution < -0.4 is 11.1 Å². The lowest BCUT2D eigenvalue weighted by atomic mass is 9.98. The summed E-state index contributed by atoms with van der Waals surface area (Å²) < 4.78 is 12.7. The van der Waals surface area contributed by atoms with Gasteiger partial charge in [-0.25, -0.2) is 4.39 Å². The van der Waals surface area contributed by atoms with E-state index in [1.165, 1.54) is 12.1 Å². The van der Waals surface area contributed by atoms with Crippen molar-refractivity contribution in [3.8, 4) is 0 Å². The Morgan fingerprint density at radius 2 is 2.00 bits per heavy atom. The molecule has 1 unspecified atom stereocenters. The van der Waals surface area contributed by atoms with Crippen LogP contribution in [0.1, 0.15) is 25.8 Å². The van der Waals surface area contributed by atoms with E-state index in [0.29, 0.717) is 6.54 Å². The number of carbonyl (C=O) groups is 1. The number of nitrogens with one attached hydrogen (secondary N) is 1. The van der Waals surface area contributed by atoms with E-state index in [1.54, 1.807) is 12.1 Å². The van der Waals surface area contributed by atoms with Crippen molar-refractivity contribution >= 4 is 5.91 Å². The molecule has 0 aliphatic heterocycles. The maximum Gasteiger partial charge on any atom is 0.224 e. The molecule has 0 saturated carbocycles. The third-order valence-electron chi connectivity index (χ3n) is 2.95. The lowest BCUT2D eigenvalue weighted by Gasteiger charge is -2.27. The molecule has 0 saturated heterocycles. The number of carbonyl (C=O) groups excluding carboxylic acids is 1. The highest BCUT2D eigenvalue weighted by Crippen LogP contribution is 2.08. The van der Waals surface area contributed by atoms with E-state index in [4.69, 9.17) is 5.73 Å². The Labute approximate surface area is 101 Å². The smallest absolute Gasteiger partial charge is 0.224 e. The van der Waals surface area contributed by atoms with Gasteiger partial charge in [0.2, 0.25) is 5.91 Å². The molecule has 1 aromatic rings. The van der Waals surface area contributed by atoms with Crippen molar-refractivity contribution in [3.63, 3.8) is 0 Å². The number of nitrogens with two attached hydrogens (primary N) is 1. The number of hydrogen-bond donors (Lipinski definition) is 2. The molecule has 4 heteroatoms. The Bertz CT molecular complexity index is 372. The topological polar surface area (TPSA) is 55.1 Å². The minimum absolute atomic E-state index is 0.0913. The second-order valence-electron chi connectivity index (χ2n) is 4.47. The van der Waals surface area contributed by atoms with E-state index in [0.717, 1.165) is 12.0 Å². The van der Waals surface area contributed by atoms with Crippen LogP contribution in [0.5, 0.6) is 0 Å². The van der Waals surface area contributed by atoms with Crippen LogP contribution in [0.15, 0.2) is 24.3 Å². The highest BCUT2D eigenvalue weighted by molar-refractivity contribution is 5.79. The second-order valence-corrected chi connectivity index (χ2v) is 4.47. The zero-order valence-corrected chi connectivity index (χ0v) is 10.3. The summed E-state index contributed by atoms with van der Waals surface area (Å²) in [5.74, 6) is -0.388. The highest BCUT2D eigenvalue weighted by Gasteiger charge is 2.22. The van der Waals surface area contributed by atoms with Gasteiger partial charge in [-0.2, -0.15) is 0 Å². The molecular weight excluding hydrogens is 219 g/mol. The fourth-order valence-corrected chi connectivity index (χ4v) is 1.45. The van der Waals surface area contributed by atoms with Crippen LogP contribution in [-0.2, 0) is 11.2 Å². The van der Waals surface area contributed by atoms with Crippen molar-refractivity contribution in [3.05, 3.63) is 35.6 Å². The summed E-state index contributed by atoms with van der Waals surface area (Å²) in [5.41, 5.74) is 6.04. The average molecular weight is 238 g/mol. The molecule has 0 aliphatic carbocycles. The normalized spacial score (nSPS) is 14.1. The molecule has 0 heterocycles. The van der Waals surface area contributed by atoms with Gasteiger partial charge >= 0.3 is 0 Å². The van der Waals surface area contributed by atoms with Crippen LogP contribution in [0.4, 0.5) is 4.39 Å².